The third-order valence-electron chi connectivity index (χ3n) is 2.16. The Bertz CT molecular complexity index is 622. The molecule has 2 N–H and O–H groups in total. The van der Waals surface area contributed by atoms with Gasteiger partial charge in [0.1, 0.15) is 6.07 Å². The maximum absolute atomic E-state index is 11.6. The Balaban J connectivity index is 2.73. The molecule has 0 amide bonds. The van der Waals surface area contributed by atoms with E-state index in [1.807, 2.05) is 6.07 Å². The van der Waals surface area contributed by atoms with E-state index in [2.05, 4.69) is 4.72 Å². The number of hydrogen-bond donors (Lipinski definition) is 2. The highest BCUT2D eigenvalue weighted by atomic mass is 35.5. The molecule has 0 saturated carbocycles. The van der Waals surface area contributed by atoms with E-state index in [4.69, 9.17) is 22.0 Å². The maximum atomic E-state index is 11.6. The summed E-state index contributed by atoms with van der Waals surface area (Å²) in [5.41, 5.74) is 0.378. The number of aliphatic carboxylic acids is 1. The molecule has 6 nitrogen and oxygen atoms in total. The Morgan fingerprint density at radius 3 is 2.74 bits per heavy atom. The Morgan fingerprint density at radius 2 is 2.16 bits per heavy atom. The van der Waals surface area contributed by atoms with Crippen LogP contribution < -0.4 is 4.72 Å². The Labute approximate surface area is 115 Å². The van der Waals surface area contributed by atoms with Gasteiger partial charge < -0.3 is 5.11 Å². The van der Waals surface area contributed by atoms with Gasteiger partial charge in [0, 0.05) is 12.1 Å². The molecule has 0 saturated heterocycles. The molecule has 0 aromatic heterocycles. The number of rotatable bonds is 6. The molecule has 0 fully saturated rings. The molecule has 1 aromatic carbocycles. The quantitative estimate of drug-likeness (QED) is 0.833. The van der Waals surface area contributed by atoms with Crippen LogP contribution in [-0.4, -0.2) is 25.2 Å². The van der Waals surface area contributed by atoms with E-state index in [-0.39, 0.29) is 34.9 Å². The first kappa shape index (κ1) is 15.3. The van der Waals surface area contributed by atoms with Crippen molar-refractivity contribution >= 4 is 33.3 Å². The summed E-state index contributed by atoms with van der Waals surface area (Å²) >= 11 is 5.72. The lowest BCUT2D eigenvalue weighted by Crippen LogP contribution is -2.17. The van der Waals surface area contributed by atoms with Gasteiger partial charge in [-0.15, -0.1) is 0 Å². The Morgan fingerprint density at radius 1 is 1.47 bits per heavy atom. The number of nitrogens with zero attached hydrogens (tertiary/aromatic N) is 1. The summed E-state index contributed by atoms with van der Waals surface area (Å²) < 4.78 is 25.6. The van der Waals surface area contributed by atoms with Crippen molar-refractivity contribution in [1.29, 1.82) is 5.26 Å². The number of halogens is 1. The predicted molar refractivity (Wildman–Crippen MR) is 70.4 cm³/mol. The Hall–Kier alpha value is -1.78. The highest BCUT2D eigenvalue weighted by molar-refractivity contribution is 7.92. The normalized spacial score (nSPS) is 10.7. The van der Waals surface area contributed by atoms with E-state index < -0.39 is 16.0 Å². The third kappa shape index (κ3) is 5.16. The van der Waals surface area contributed by atoms with E-state index in [1.54, 1.807) is 0 Å². The summed E-state index contributed by atoms with van der Waals surface area (Å²) in [6.07, 6.45) is -0.200. The van der Waals surface area contributed by atoms with Crippen LogP contribution in [0, 0.1) is 11.3 Å². The molecular weight excluding hydrogens is 292 g/mol. The van der Waals surface area contributed by atoms with Gasteiger partial charge in [-0.2, -0.15) is 5.26 Å². The zero-order valence-corrected chi connectivity index (χ0v) is 11.3. The van der Waals surface area contributed by atoms with Gasteiger partial charge in [0.25, 0.3) is 0 Å². The molecule has 0 radical (unpaired) electrons. The van der Waals surface area contributed by atoms with Gasteiger partial charge in [-0.1, -0.05) is 11.6 Å². The van der Waals surface area contributed by atoms with E-state index >= 15 is 0 Å². The van der Waals surface area contributed by atoms with Crippen molar-refractivity contribution in [3.05, 3.63) is 28.8 Å². The van der Waals surface area contributed by atoms with Crippen LogP contribution in [0.5, 0.6) is 0 Å². The van der Waals surface area contributed by atoms with Gasteiger partial charge in [-0.3, -0.25) is 9.52 Å². The SMILES string of the molecule is N#Cc1cc(NS(=O)(=O)CCCC(=O)O)ccc1Cl. The number of hydrogen-bond acceptors (Lipinski definition) is 4. The molecule has 0 aliphatic rings. The minimum atomic E-state index is -3.63. The number of carboxylic acid groups (broad SMARTS) is 1. The predicted octanol–water partition coefficient (Wildman–Crippen LogP) is 1.82. The fourth-order valence-corrected chi connectivity index (χ4v) is 2.59. The highest BCUT2D eigenvalue weighted by Crippen LogP contribution is 2.20. The van der Waals surface area contributed by atoms with Crippen molar-refractivity contribution in [2.75, 3.05) is 10.5 Å². The summed E-state index contributed by atoms with van der Waals surface area (Å²) in [5, 5.41) is 17.4. The fourth-order valence-electron chi connectivity index (χ4n) is 1.32. The van der Waals surface area contributed by atoms with Crippen LogP contribution in [0.3, 0.4) is 0 Å². The van der Waals surface area contributed by atoms with Gasteiger partial charge in [0.05, 0.1) is 16.3 Å². The minimum Gasteiger partial charge on any atom is -0.481 e. The van der Waals surface area contributed by atoms with Gasteiger partial charge in [-0.25, -0.2) is 8.42 Å². The second kappa shape index (κ2) is 6.41. The van der Waals surface area contributed by atoms with Crippen molar-refractivity contribution in [2.45, 2.75) is 12.8 Å². The van der Waals surface area contributed by atoms with E-state index in [9.17, 15) is 13.2 Å². The van der Waals surface area contributed by atoms with Crippen LogP contribution in [0.4, 0.5) is 5.69 Å². The molecule has 19 heavy (non-hydrogen) atoms. The van der Waals surface area contributed by atoms with Crippen molar-refractivity contribution < 1.29 is 18.3 Å². The average molecular weight is 303 g/mol. The average Bonchev–Trinajstić information content (AvgIpc) is 2.30. The molecule has 102 valence electrons. The second-order valence-corrected chi connectivity index (χ2v) is 5.97. The van der Waals surface area contributed by atoms with Crippen LogP contribution in [0.25, 0.3) is 0 Å². The molecule has 0 heterocycles. The number of carbonyl (C=O) groups is 1. The first-order valence-corrected chi connectivity index (χ1v) is 7.29. The van der Waals surface area contributed by atoms with Crippen molar-refractivity contribution in [2.24, 2.45) is 0 Å². The molecule has 0 aliphatic heterocycles. The molecule has 0 aliphatic carbocycles. The summed E-state index contributed by atoms with van der Waals surface area (Å²) in [7, 11) is -3.63. The lowest BCUT2D eigenvalue weighted by atomic mass is 10.2. The van der Waals surface area contributed by atoms with Crippen LogP contribution >= 0.6 is 11.6 Å². The molecule has 1 aromatic rings. The number of benzene rings is 1. The van der Waals surface area contributed by atoms with Gasteiger partial charge >= 0.3 is 5.97 Å². The smallest absolute Gasteiger partial charge is 0.303 e. The summed E-state index contributed by atoms with van der Waals surface area (Å²) in [6, 6.07) is 5.99. The Kier molecular flexibility index (Phi) is 5.15. The van der Waals surface area contributed by atoms with Crippen molar-refractivity contribution in [3.63, 3.8) is 0 Å². The lowest BCUT2D eigenvalue weighted by Gasteiger charge is -2.08. The zero-order valence-electron chi connectivity index (χ0n) is 9.76. The molecule has 1 rings (SSSR count). The molecule has 0 bridgehead atoms. The van der Waals surface area contributed by atoms with Crippen molar-refractivity contribution in [3.8, 4) is 6.07 Å². The van der Waals surface area contributed by atoms with Crippen LogP contribution in [0.15, 0.2) is 18.2 Å². The first-order chi connectivity index (χ1) is 8.84. The summed E-state index contributed by atoms with van der Waals surface area (Å²) in [4.78, 5) is 10.3. The summed E-state index contributed by atoms with van der Waals surface area (Å²) in [5.74, 6) is -1.35. The lowest BCUT2D eigenvalue weighted by molar-refractivity contribution is -0.137. The van der Waals surface area contributed by atoms with Gasteiger partial charge in [0.2, 0.25) is 10.0 Å². The summed E-state index contributed by atoms with van der Waals surface area (Å²) in [6.45, 7) is 0. The maximum Gasteiger partial charge on any atom is 0.303 e. The van der Waals surface area contributed by atoms with E-state index in [0.717, 1.165) is 0 Å². The van der Waals surface area contributed by atoms with Gasteiger partial charge in [0.15, 0.2) is 0 Å². The number of nitriles is 1. The fraction of sp³-hybridized carbons (Fsp3) is 0.273. The highest BCUT2D eigenvalue weighted by Gasteiger charge is 2.12. The zero-order chi connectivity index (χ0) is 14.5. The first-order valence-electron chi connectivity index (χ1n) is 5.26. The molecular formula is C11H11ClN2O4S. The molecule has 0 unspecified atom stereocenters. The monoisotopic (exact) mass is 302 g/mol. The standard InChI is InChI=1S/C11H11ClN2O4S/c12-10-4-3-9(6-8(10)7-13)14-19(17,18)5-1-2-11(15)16/h3-4,6,14H,1-2,5H2,(H,15,16). The van der Waals surface area contributed by atoms with Crippen LogP contribution in [-0.2, 0) is 14.8 Å². The number of anilines is 1. The molecule has 0 atom stereocenters. The topological polar surface area (TPSA) is 107 Å². The minimum absolute atomic E-state index is 0.0172. The van der Waals surface area contributed by atoms with E-state index in [0.29, 0.717) is 0 Å². The van der Waals surface area contributed by atoms with Crippen LogP contribution in [0.2, 0.25) is 5.02 Å². The second-order valence-electron chi connectivity index (χ2n) is 3.72. The van der Waals surface area contributed by atoms with Crippen LogP contribution in [0.1, 0.15) is 18.4 Å². The van der Waals surface area contributed by atoms with Gasteiger partial charge in [-0.05, 0) is 24.6 Å². The number of nitrogens with one attached hydrogen (secondary N) is 1. The number of sulfonamides is 1. The number of carboxylic acids is 1. The molecule has 8 heteroatoms. The molecule has 0 spiro atoms. The largest absolute Gasteiger partial charge is 0.481 e. The van der Waals surface area contributed by atoms with E-state index in [1.165, 1.54) is 18.2 Å². The van der Waals surface area contributed by atoms with Crippen molar-refractivity contribution in [1.82, 2.24) is 0 Å². The third-order valence-corrected chi connectivity index (χ3v) is 3.87.